The Bertz CT molecular complexity index is 930. The van der Waals surface area contributed by atoms with Crippen molar-refractivity contribution in [2.75, 3.05) is 20.1 Å². The molecule has 6 nitrogen and oxygen atoms in total. The Hall–Kier alpha value is -1.68. The molecule has 0 saturated carbocycles. The summed E-state index contributed by atoms with van der Waals surface area (Å²) in [6.07, 6.45) is 1.98. The number of hydrogen-bond acceptors (Lipinski definition) is 4. The first kappa shape index (κ1) is 22.6. The zero-order valence-corrected chi connectivity index (χ0v) is 20.1. The summed E-state index contributed by atoms with van der Waals surface area (Å²) in [6.45, 7) is 8.86. The third-order valence-corrected chi connectivity index (χ3v) is 5.70. The number of aliphatic imine (C=N–C) groups is 1. The molecule has 0 saturated heterocycles. The van der Waals surface area contributed by atoms with Gasteiger partial charge in [-0.2, -0.15) is 0 Å². The first-order valence-electron chi connectivity index (χ1n) is 9.37. The Kier molecular flexibility index (Phi) is 8.68. The van der Waals surface area contributed by atoms with Crippen molar-refractivity contribution in [1.29, 1.82) is 0 Å². The SMILES string of the molecule is CN=C(NCCCn1c(C)nc2ccccc21)NCCc1sc(C)nc1C.I. The topological polar surface area (TPSA) is 67.1 Å². The average Bonchev–Trinajstić information content (AvgIpc) is 3.14. The number of halogens is 1. The van der Waals surface area contributed by atoms with Crippen LogP contribution in [0, 0.1) is 20.8 Å². The molecule has 2 aromatic heterocycles. The molecule has 152 valence electrons. The van der Waals surface area contributed by atoms with Crippen molar-refractivity contribution in [3.63, 3.8) is 0 Å². The monoisotopic (exact) mass is 512 g/mol. The van der Waals surface area contributed by atoms with Crippen molar-refractivity contribution in [1.82, 2.24) is 25.2 Å². The van der Waals surface area contributed by atoms with Crippen LogP contribution in [0.4, 0.5) is 0 Å². The molecule has 2 N–H and O–H groups in total. The van der Waals surface area contributed by atoms with Gasteiger partial charge in [0.1, 0.15) is 5.82 Å². The summed E-state index contributed by atoms with van der Waals surface area (Å²) in [5.41, 5.74) is 3.41. The highest BCUT2D eigenvalue weighted by atomic mass is 127. The van der Waals surface area contributed by atoms with Gasteiger partial charge in [0.2, 0.25) is 0 Å². The third kappa shape index (κ3) is 5.66. The largest absolute Gasteiger partial charge is 0.356 e. The van der Waals surface area contributed by atoms with E-state index in [-0.39, 0.29) is 24.0 Å². The van der Waals surface area contributed by atoms with Crippen LogP contribution in [0.5, 0.6) is 0 Å². The molecule has 0 fully saturated rings. The highest BCUT2D eigenvalue weighted by Crippen LogP contribution is 2.17. The van der Waals surface area contributed by atoms with E-state index in [2.05, 4.69) is 69.1 Å². The molecule has 0 unspecified atom stereocenters. The molecule has 0 aliphatic heterocycles. The lowest BCUT2D eigenvalue weighted by molar-refractivity contribution is 0.624. The van der Waals surface area contributed by atoms with E-state index in [1.165, 1.54) is 10.4 Å². The lowest BCUT2D eigenvalue weighted by Crippen LogP contribution is -2.39. The van der Waals surface area contributed by atoms with Crippen molar-refractivity contribution in [3.05, 3.63) is 45.7 Å². The minimum atomic E-state index is 0. The molecule has 0 aliphatic rings. The Morgan fingerprint density at radius 2 is 1.86 bits per heavy atom. The Labute approximate surface area is 187 Å². The van der Waals surface area contributed by atoms with Crippen molar-refractivity contribution in [2.24, 2.45) is 4.99 Å². The summed E-state index contributed by atoms with van der Waals surface area (Å²) in [5, 5.41) is 7.92. The second-order valence-electron chi connectivity index (χ2n) is 6.57. The molecular weight excluding hydrogens is 483 g/mol. The Morgan fingerprint density at radius 3 is 2.57 bits per heavy atom. The van der Waals surface area contributed by atoms with Gasteiger partial charge in [-0.15, -0.1) is 35.3 Å². The van der Waals surface area contributed by atoms with E-state index in [1.807, 2.05) is 13.1 Å². The number of fused-ring (bicyclic) bond motifs is 1. The fourth-order valence-electron chi connectivity index (χ4n) is 3.24. The number of thiazole rings is 1. The van der Waals surface area contributed by atoms with Gasteiger partial charge in [0, 0.05) is 38.0 Å². The molecule has 0 bridgehead atoms. The first-order chi connectivity index (χ1) is 13.1. The highest BCUT2D eigenvalue weighted by molar-refractivity contribution is 14.0. The number of nitrogens with zero attached hydrogens (tertiary/aromatic N) is 4. The van der Waals surface area contributed by atoms with Gasteiger partial charge in [-0.1, -0.05) is 12.1 Å². The molecule has 8 heteroatoms. The van der Waals surface area contributed by atoms with Crippen LogP contribution >= 0.6 is 35.3 Å². The van der Waals surface area contributed by atoms with Gasteiger partial charge in [-0.3, -0.25) is 4.99 Å². The number of aromatic nitrogens is 3. The van der Waals surface area contributed by atoms with Crippen LogP contribution in [0.3, 0.4) is 0 Å². The number of imidazole rings is 1. The maximum atomic E-state index is 4.62. The molecule has 0 atom stereocenters. The van der Waals surface area contributed by atoms with Crippen LogP contribution in [0.2, 0.25) is 0 Å². The maximum absolute atomic E-state index is 4.62. The minimum Gasteiger partial charge on any atom is -0.356 e. The predicted octanol–water partition coefficient (Wildman–Crippen LogP) is 3.83. The van der Waals surface area contributed by atoms with Crippen LogP contribution in [-0.4, -0.2) is 40.6 Å². The molecule has 0 radical (unpaired) electrons. The van der Waals surface area contributed by atoms with Gasteiger partial charge in [0.05, 0.1) is 21.7 Å². The summed E-state index contributed by atoms with van der Waals surface area (Å²) in [4.78, 5) is 14.8. The van der Waals surface area contributed by atoms with Crippen molar-refractivity contribution < 1.29 is 0 Å². The fourth-order valence-corrected chi connectivity index (χ4v) is 4.18. The van der Waals surface area contributed by atoms with Crippen LogP contribution in [0.1, 0.15) is 27.8 Å². The quantitative estimate of drug-likeness (QED) is 0.219. The average molecular weight is 512 g/mol. The van der Waals surface area contributed by atoms with E-state index in [0.29, 0.717) is 0 Å². The number of nitrogens with one attached hydrogen (secondary N) is 2. The van der Waals surface area contributed by atoms with Crippen molar-refractivity contribution in [3.8, 4) is 0 Å². The molecule has 3 rings (SSSR count). The zero-order valence-electron chi connectivity index (χ0n) is 17.0. The fraction of sp³-hybridized carbons (Fsp3) is 0.450. The van der Waals surface area contributed by atoms with Crippen LogP contribution in [0.15, 0.2) is 29.3 Å². The molecule has 3 aromatic rings. The summed E-state index contributed by atoms with van der Waals surface area (Å²) in [6, 6.07) is 8.29. The van der Waals surface area contributed by atoms with Gasteiger partial charge < -0.3 is 15.2 Å². The normalized spacial score (nSPS) is 11.5. The van der Waals surface area contributed by atoms with Crippen molar-refractivity contribution in [2.45, 2.75) is 40.2 Å². The molecule has 0 aliphatic carbocycles. The molecule has 28 heavy (non-hydrogen) atoms. The smallest absolute Gasteiger partial charge is 0.190 e. The number of guanidine groups is 1. The molecular formula is C20H29IN6S. The number of benzene rings is 1. The molecule has 1 aromatic carbocycles. The van der Waals surface area contributed by atoms with Gasteiger partial charge in [0.15, 0.2) is 5.96 Å². The second kappa shape index (κ2) is 10.8. The number of hydrogen-bond donors (Lipinski definition) is 2. The molecule has 2 heterocycles. The summed E-state index contributed by atoms with van der Waals surface area (Å²) in [7, 11) is 1.81. The van der Waals surface area contributed by atoms with Crippen LogP contribution in [-0.2, 0) is 13.0 Å². The number of para-hydroxylation sites is 2. The third-order valence-electron chi connectivity index (χ3n) is 4.56. The number of rotatable bonds is 7. The van der Waals surface area contributed by atoms with Crippen molar-refractivity contribution >= 4 is 52.3 Å². The molecule has 0 spiro atoms. The lowest BCUT2D eigenvalue weighted by atomic mass is 10.3. The van der Waals surface area contributed by atoms with Gasteiger partial charge >= 0.3 is 0 Å². The summed E-state index contributed by atoms with van der Waals surface area (Å²) < 4.78 is 2.28. The van der Waals surface area contributed by atoms with E-state index in [0.717, 1.165) is 60.5 Å². The standard InChI is InChI=1S/C20H28N6S.HI/c1-14-19(27-16(3)24-14)10-12-23-20(21-4)22-11-7-13-26-15(2)25-17-8-5-6-9-18(17)26;/h5-6,8-9H,7,10-13H2,1-4H3,(H2,21,22,23);1H. The van der Waals surface area contributed by atoms with E-state index in [4.69, 9.17) is 0 Å². The minimum absolute atomic E-state index is 0. The Balaban J connectivity index is 0.00000280. The number of aryl methyl sites for hydroxylation is 4. The highest BCUT2D eigenvalue weighted by Gasteiger charge is 2.07. The van der Waals surface area contributed by atoms with E-state index < -0.39 is 0 Å². The summed E-state index contributed by atoms with van der Waals surface area (Å²) in [5.74, 6) is 1.91. The van der Waals surface area contributed by atoms with Crippen LogP contribution < -0.4 is 10.6 Å². The first-order valence-corrected chi connectivity index (χ1v) is 10.2. The Morgan fingerprint density at radius 1 is 1.11 bits per heavy atom. The zero-order chi connectivity index (χ0) is 19.2. The van der Waals surface area contributed by atoms with E-state index in [1.54, 1.807) is 11.3 Å². The lowest BCUT2D eigenvalue weighted by Gasteiger charge is -2.12. The predicted molar refractivity (Wildman–Crippen MR) is 129 cm³/mol. The summed E-state index contributed by atoms with van der Waals surface area (Å²) >= 11 is 1.78. The van der Waals surface area contributed by atoms with Gasteiger partial charge in [-0.25, -0.2) is 9.97 Å². The second-order valence-corrected chi connectivity index (χ2v) is 7.86. The van der Waals surface area contributed by atoms with Crippen LogP contribution in [0.25, 0.3) is 11.0 Å². The van der Waals surface area contributed by atoms with E-state index in [9.17, 15) is 0 Å². The van der Waals surface area contributed by atoms with Gasteiger partial charge in [-0.05, 0) is 39.3 Å². The van der Waals surface area contributed by atoms with E-state index >= 15 is 0 Å². The molecule has 0 amide bonds. The van der Waals surface area contributed by atoms with Gasteiger partial charge in [0.25, 0.3) is 0 Å². The maximum Gasteiger partial charge on any atom is 0.190 e.